The number of aryl methyl sites for hydroxylation is 1. The van der Waals surface area contributed by atoms with Crippen molar-refractivity contribution in [1.29, 1.82) is 0 Å². The Kier molecular flexibility index (Phi) is 5.02. The van der Waals surface area contributed by atoms with E-state index in [1.165, 1.54) is 0 Å². The lowest BCUT2D eigenvalue weighted by Gasteiger charge is -2.20. The van der Waals surface area contributed by atoms with Gasteiger partial charge in [0.15, 0.2) is 0 Å². The van der Waals surface area contributed by atoms with Crippen molar-refractivity contribution < 1.29 is 0 Å². The standard InChI is InChI=1S/C14H17BrClN3/c1-3-7-17-14(13-6-8-18-19(13)2)10-4-5-11(15)12(16)9-10/h4-6,8-9,14,17H,3,7H2,1-2H3. The highest BCUT2D eigenvalue weighted by atomic mass is 79.9. The summed E-state index contributed by atoms with van der Waals surface area (Å²) in [4.78, 5) is 0. The van der Waals surface area contributed by atoms with Gasteiger partial charge in [-0.05, 0) is 52.7 Å². The summed E-state index contributed by atoms with van der Waals surface area (Å²) in [6, 6.07) is 8.19. The molecule has 0 saturated heterocycles. The van der Waals surface area contributed by atoms with E-state index in [4.69, 9.17) is 11.6 Å². The monoisotopic (exact) mass is 341 g/mol. The van der Waals surface area contributed by atoms with E-state index in [-0.39, 0.29) is 6.04 Å². The second-order valence-electron chi connectivity index (χ2n) is 4.44. The molecule has 1 N–H and O–H groups in total. The molecular weight excluding hydrogens is 326 g/mol. The summed E-state index contributed by atoms with van der Waals surface area (Å²) in [7, 11) is 1.95. The molecule has 1 atom stereocenters. The number of hydrogen-bond acceptors (Lipinski definition) is 2. The number of benzene rings is 1. The number of nitrogens with zero attached hydrogens (tertiary/aromatic N) is 2. The normalized spacial score (nSPS) is 12.6. The molecule has 2 rings (SSSR count). The number of nitrogens with one attached hydrogen (secondary N) is 1. The Bertz CT molecular complexity index is 553. The third-order valence-corrected chi connectivity index (χ3v) is 4.26. The maximum Gasteiger partial charge on any atom is 0.0748 e. The first-order chi connectivity index (χ1) is 9.13. The molecule has 0 fully saturated rings. The van der Waals surface area contributed by atoms with Crippen molar-refractivity contribution in [3.05, 3.63) is 51.2 Å². The van der Waals surface area contributed by atoms with Gasteiger partial charge >= 0.3 is 0 Å². The van der Waals surface area contributed by atoms with Gasteiger partial charge in [-0.1, -0.05) is 24.6 Å². The van der Waals surface area contributed by atoms with Crippen LogP contribution in [0, 0.1) is 0 Å². The van der Waals surface area contributed by atoms with E-state index in [0.29, 0.717) is 0 Å². The van der Waals surface area contributed by atoms with Gasteiger partial charge in [0.1, 0.15) is 0 Å². The van der Waals surface area contributed by atoms with E-state index in [9.17, 15) is 0 Å². The highest BCUT2D eigenvalue weighted by Crippen LogP contribution is 2.28. The Balaban J connectivity index is 2.37. The molecule has 1 heterocycles. The molecule has 0 aliphatic heterocycles. The lowest BCUT2D eigenvalue weighted by Crippen LogP contribution is -2.25. The molecule has 102 valence electrons. The summed E-state index contributed by atoms with van der Waals surface area (Å²) >= 11 is 9.62. The summed E-state index contributed by atoms with van der Waals surface area (Å²) in [5, 5.41) is 8.51. The third-order valence-electron chi connectivity index (χ3n) is 3.03. The Labute approximate surface area is 127 Å². The summed E-state index contributed by atoms with van der Waals surface area (Å²) in [6.07, 6.45) is 2.90. The summed E-state index contributed by atoms with van der Waals surface area (Å²) < 4.78 is 2.81. The minimum atomic E-state index is 0.109. The maximum atomic E-state index is 6.20. The number of rotatable bonds is 5. The van der Waals surface area contributed by atoms with Crippen molar-refractivity contribution in [1.82, 2.24) is 15.1 Å². The van der Waals surface area contributed by atoms with Crippen molar-refractivity contribution in [3.63, 3.8) is 0 Å². The minimum Gasteiger partial charge on any atom is -0.305 e. The van der Waals surface area contributed by atoms with E-state index in [0.717, 1.165) is 33.7 Å². The van der Waals surface area contributed by atoms with Crippen LogP contribution >= 0.6 is 27.5 Å². The maximum absolute atomic E-state index is 6.20. The fourth-order valence-electron chi connectivity index (χ4n) is 2.04. The van der Waals surface area contributed by atoms with Crippen molar-refractivity contribution in [2.45, 2.75) is 19.4 Å². The van der Waals surface area contributed by atoms with Gasteiger partial charge in [-0.3, -0.25) is 4.68 Å². The van der Waals surface area contributed by atoms with Gasteiger partial charge in [0.25, 0.3) is 0 Å². The van der Waals surface area contributed by atoms with Crippen LogP contribution < -0.4 is 5.32 Å². The Morgan fingerprint density at radius 3 is 2.79 bits per heavy atom. The van der Waals surface area contributed by atoms with E-state index >= 15 is 0 Å². The first-order valence-corrected chi connectivity index (χ1v) is 7.46. The van der Waals surface area contributed by atoms with E-state index in [1.807, 2.05) is 36.1 Å². The van der Waals surface area contributed by atoms with Gasteiger partial charge < -0.3 is 5.32 Å². The van der Waals surface area contributed by atoms with Gasteiger partial charge in [-0.2, -0.15) is 5.10 Å². The number of halogens is 2. The van der Waals surface area contributed by atoms with Crippen LogP contribution in [0.2, 0.25) is 5.02 Å². The summed E-state index contributed by atoms with van der Waals surface area (Å²) in [6.45, 7) is 3.10. The molecular formula is C14H17BrClN3. The van der Waals surface area contributed by atoms with Crippen LogP contribution in [-0.4, -0.2) is 16.3 Å². The van der Waals surface area contributed by atoms with Crippen LogP contribution in [0.1, 0.15) is 30.6 Å². The first kappa shape index (κ1) is 14.6. The molecule has 0 bridgehead atoms. The molecule has 0 spiro atoms. The smallest absolute Gasteiger partial charge is 0.0748 e. The van der Waals surface area contributed by atoms with Gasteiger partial charge in [0.2, 0.25) is 0 Å². The van der Waals surface area contributed by atoms with Gasteiger partial charge in [0, 0.05) is 17.7 Å². The molecule has 0 saturated carbocycles. The number of hydrogen-bond donors (Lipinski definition) is 1. The largest absolute Gasteiger partial charge is 0.305 e. The molecule has 1 unspecified atom stereocenters. The van der Waals surface area contributed by atoms with Crippen molar-refractivity contribution in [2.75, 3.05) is 6.54 Å². The van der Waals surface area contributed by atoms with Crippen LogP contribution in [0.25, 0.3) is 0 Å². The average Bonchev–Trinajstić information content (AvgIpc) is 2.80. The van der Waals surface area contributed by atoms with Crippen LogP contribution in [0.4, 0.5) is 0 Å². The highest BCUT2D eigenvalue weighted by molar-refractivity contribution is 9.10. The van der Waals surface area contributed by atoms with Crippen LogP contribution in [-0.2, 0) is 7.05 Å². The molecule has 0 radical (unpaired) electrons. The van der Waals surface area contributed by atoms with Crippen LogP contribution in [0.15, 0.2) is 34.9 Å². The molecule has 0 aliphatic carbocycles. The van der Waals surface area contributed by atoms with Crippen LogP contribution in [0.5, 0.6) is 0 Å². The predicted molar refractivity (Wildman–Crippen MR) is 82.5 cm³/mol. The zero-order valence-electron chi connectivity index (χ0n) is 11.0. The Morgan fingerprint density at radius 1 is 1.42 bits per heavy atom. The lowest BCUT2D eigenvalue weighted by atomic mass is 10.0. The minimum absolute atomic E-state index is 0.109. The number of aromatic nitrogens is 2. The highest BCUT2D eigenvalue weighted by Gasteiger charge is 2.17. The summed E-state index contributed by atoms with van der Waals surface area (Å²) in [5.74, 6) is 0. The topological polar surface area (TPSA) is 29.9 Å². The predicted octanol–water partition coefficient (Wildman–Crippen LogP) is 3.93. The van der Waals surface area contributed by atoms with E-state index in [1.54, 1.807) is 0 Å². The molecule has 2 aromatic rings. The Morgan fingerprint density at radius 2 is 2.21 bits per heavy atom. The third kappa shape index (κ3) is 3.38. The average molecular weight is 343 g/mol. The van der Waals surface area contributed by atoms with Crippen molar-refractivity contribution in [3.8, 4) is 0 Å². The molecule has 1 aromatic carbocycles. The molecule has 5 heteroatoms. The van der Waals surface area contributed by atoms with E-state index in [2.05, 4.69) is 39.3 Å². The quantitative estimate of drug-likeness (QED) is 0.892. The van der Waals surface area contributed by atoms with Crippen LogP contribution in [0.3, 0.4) is 0 Å². The fraction of sp³-hybridized carbons (Fsp3) is 0.357. The summed E-state index contributed by atoms with van der Waals surface area (Å²) in [5.41, 5.74) is 2.28. The molecule has 1 aromatic heterocycles. The van der Waals surface area contributed by atoms with Gasteiger partial charge in [-0.15, -0.1) is 0 Å². The van der Waals surface area contributed by atoms with Gasteiger partial charge in [-0.25, -0.2) is 0 Å². The zero-order valence-corrected chi connectivity index (χ0v) is 13.4. The van der Waals surface area contributed by atoms with Crippen molar-refractivity contribution in [2.24, 2.45) is 7.05 Å². The van der Waals surface area contributed by atoms with E-state index < -0.39 is 0 Å². The molecule has 19 heavy (non-hydrogen) atoms. The molecule has 0 amide bonds. The van der Waals surface area contributed by atoms with Crippen molar-refractivity contribution >= 4 is 27.5 Å². The second-order valence-corrected chi connectivity index (χ2v) is 5.70. The molecule has 0 aliphatic rings. The Hall–Kier alpha value is -0.840. The second kappa shape index (κ2) is 6.55. The first-order valence-electron chi connectivity index (χ1n) is 6.29. The fourth-order valence-corrected chi connectivity index (χ4v) is 2.48. The zero-order chi connectivity index (χ0) is 13.8. The lowest BCUT2D eigenvalue weighted by molar-refractivity contribution is 0.553. The van der Waals surface area contributed by atoms with Gasteiger partial charge in [0.05, 0.1) is 16.8 Å². The SMILES string of the molecule is CCCNC(c1ccc(Br)c(Cl)c1)c1ccnn1C. The molecule has 3 nitrogen and oxygen atoms in total.